The maximum Gasteiger partial charge on any atom is 0.214 e. The molecule has 0 aliphatic heterocycles. The van der Waals surface area contributed by atoms with E-state index in [1.807, 2.05) is 18.2 Å². The fraction of sp³-hybridized carbons (Fsp3) is 0. The quantitative estimate of drug-likeness (QED) is 0.287. The Bertz CT molecular complexity index is 2340. The summed E-state index contributed by atoms with van der Waals surface area (Å²) in [6.07, 6.45) is 0. The lowest BCUT2D eigenvalue weighted by atomic mass is 9.87. The zero-order valence-corrected chi connectivity index (χ0v) is 22.6. The Hall–Kier alpha value is -8.25. The molecule has 2 aromatic heterocycles. The molecule has 0 N–H and O–H groups in total. The van der Waals surface area contributed by atoms with Crippen molar-refractivity contribution in [2.45, 2.75) is 0 Å². The van der Waals surface area contributed by atoms with Crippen molar-refractivity contribution in [2.24, 2.45) is 0 Å². The van der Waals surface area contributed by atoms with Gasteiger partial charge in [-0.05, 0) is 41.5 Å². The number of fused-ring (bicyclic) bond motifs is 2. The normalized spacial score (nSPS) is 12.1. The standard InChI is InChI=1S/C33H5F2N11/c34-26-3-1-17(24(13-43)45-26)32-22(11-41)30-19(28(32)15(6-36)7-37)5-20-29(16(8-38)9-39)33(23(12-42)31(20)21(30)10-40)18-2-4-27(35)46-25(18)14-44/h1-5H. The molecule has 3 aromatic rings. The number of benzene rings is 1. The summed E-state index contributed by atoms with van der Waals surface area (Å²) in [6, 6.07) is 21.4. The van der Waals surface area contributed by atoms with Crippen molar-refractivity contribution >= 4 is 33.4 Å². The number of halogens is 2. The van der Waals surface area contributed by atoms with Crippen molar-refractivity contribution in [3.05, 3.63) is 104 Å². The van der Waals surface area contributed by atoms with Crippen LogP contribution in [-0.4, -0.2) is 9.97 Å². The van der Waals surface area contributed by atoms with Crippen molar-refractivity contribution in [2.75, 3.05) is 0 Å². The number of nitriles is 9. The van der Waals surface area contributed by atoms with Gasteiger partial charge in [0.2, 0.25) is 11.9 Å². The van der Waals surface area contributed by atoms with Crippen molar-refractivity contribution in [1.29, 1.82) is 47.4 Å². The molecule has 0 fully saturated rings. The molecule has 2 heterocycles. The lowest BCUT2D eigenvalue weighted by molar-refractivity contribution is 0.581. The maximum atomic E-state index is 14.0. The van der Waals surface area contributed by atoms with Crippen LogP contribution in [-0.2, 0) is 0 Å². The minimum atomic E-state index is -1.03. The minimum absolute atomic E-state index is 0.0860. The second-order valence-corrected chi connectivity index (χ2v) is 9.16. The van der Waals surface area contributed by atoms with Crippen LogP contribution in [0.2, 0.25) is 0 Å². The molecule has 0 atom stereocenters. The Balaban J connectivity index is 2.07. The molecule has 46 heavy (non-hydrogen) atoms. The van der Waals surface area contributed by atoms with Crippen LogP contribution >= 0.6 is 0 Å². The number of hydrogen-bond donors (Lipinski definition) is 0. The lowest BCUT2D eigenvalue weighted by Crippen LogP contribution is -2.00. The van der Waals surface area contributed by atoms with Crippen LogP contribution in [0.25, 0.3) is 33.4 Å². The average Bonchev–Trinajstić information content (AvgIpc) is 3.57. The SMILES string of the molecule is N#CC(C#N)=C1C(c2ccc(F)nc2C#N)=C(C#N)c2c1cc1c(c2C#N)C(C#N)=C(c2ccc(F)nc2C#N)C1=C(C#N)C#N. The van der Waals surface area contributed by atoms with E-state index in [-0.39, 0.29) is 72.4 Å². The highest BCUT2D eigenvalue weighted by molar-refractivity contribution is 6.31. The zero-order valence-electron chi connectivity index (χ0n) is 22.6. The highest BCUT2D eigenvalue weighted by Gasteiger charge is 2.41. The second-order valence-electron chi connectivity index (χ2n) is 9.16. The molecule has 0 saturated carbocycles. The summed E-state index contributed by atoms with van der Waals surface area (Å²) in [6.45, 7) is 0. The number of allylic oxidation sites excluding steroid dienone is 8. The van der Waals surface area contributed by atoms with Gasteiger partial charge in [0, 0.05) is 44.5 Å². The predicted molar refractivity (Wildman–Crippen MR) is 150 cm³/mol. The molecule has 11 nitrogen and oxygen atoms in total. The highest BCUT2D eigenvalue weighted by atomic mass is 19.1. The Kier molecular flexibility index (Phi) is 7.12. The highest BCUT2D eigenvalue weighted by Crippen LogP contribution is 2.56. The number of hydrogen-bond acceptors (Lipinski definition) is 11. The van der Waals surface area contributed by atoms with E-state index in [2.05, 4.69) is 9.97 Å². The lowest BCUT2D eigenvalue weighted by Gasteiger charge is -2.13. The van der Waals surface area contributed by atoms with Crippen LogP contribution in [0.1, 0.15) is 50.3 Å². The van der Waals surface area contributed by atoms with E-state index in [0.29, 0.717) is 0 Å². The molecule has 0 amide bonds. The molecule has 0 radical (unpaired) electrons. The first-order chi connectivity index (χ1) is 22.3. The third-order valence-corrected chi connectivity index (χ3v) is 7.12. The molecule has 0 saturated heterocycles. The first-order valence-corrected chi connectivity index (χ1v) is 12.4. The molecule has 5 rings (SSSR count). The summed E-state index contributed by atoms with van der Waals surface area (Å²) in [4.78, 5) is 7.11. The number of rotatable bonds is 2. The average molecular weight is 593 g/mol. The molecular formula is C33H5F2N11. The first kappa shape index (κ1) is 29.2. The van der Waals surface area contributed by atoms with Gasteiger partial charge in [0.15, 0.2) is 11.4 Å². The molecular weight excluding hydrogens is 588 g/mol. The largest absolute Gasteiger partial charge is 0.214 e. The Morgan fingerprint density at radius 3 is 1.20 bits per heavy atom. The predicted octanol–water partition coefficient (Wildman–Crippen LogP) is 4.87. The third kappa shape index (κ3) is 4.01. The topological polar surface area (TPSA) is 240 Å². The summed E-state index contributed by atoms with van der Waals surface area (Å²) in [5.41, 5.74) is -4.78. The van der Waals surface area contributed by atoms with Crippen LogP contribution in [0.15, 0.2) is 41.5 Å². The van der Waals surface area contributed by atoms with Gasteiger partial charge in [-0.15, -0.1) is 0 Å². The summed E-state index contributed by atoms with van der Waals surface area (Å²) in [7, 11) is 0. The van der Waals surface area contributed by atoms with E-state index in [9.17, 15) is 56.1 Å². The van der Waals surface area contributed by atoms with Crippen molar-refractivity contribution in [1.82, 2.24) is 9.97 Å². The molecule has 0 unspecified atom stereocenters. The van der Waals surface area contributed by atoms with Gasteiger partial charge in [-0.3, -0.25) is 0 Å². The number of pyridine rings is 2. The minimum Gasteiger partial charge on any atom is -0.208 e. The smallest absolute Gasteiger partial charge is 0.208 e. The van der Waals surface area contributed by atoms with E-state index < -0.39 is 34.4 Å². The molecule has 2 aliphatic rings. The van der Waals surface area contributed by atoms with Crippen LogP contribution in [0.4, 0.5) is 8.78 Å². The van der Waals surface area contributed by atoms with Crippen molar-refractivity contribution in [3.8, 4) is 54.6 Å². The van der Waals surface area contributed by atoms with Gasteiger partial charge in [-0.1, -0.05) is 0 Å². The van der Waals surface area contributed by atoms with Gasteiger partial charge >= 0.3 is 0 Å². The van der Waals surface area contributed by atoms with Crippen molar-refractivity contribution in [3.63, 3.8) is 0 Å². The van der Waals surface area contributed by atoms with Crippen LogP contribution < -0.4 is 0 Å². The summed E-state index contributed by atoms with van der Waals surface area (Å²) in [5, 5.41) is 90.5. The summed E-state index contributed by atoms with van der Waals surface area (Å²) < 4.78 is 28.0. The second kappa shape index (κ2) is 11.2. The van der Waals surface area contributed by atoms with Crippen LogP contribution in [0, 0.1) is 114 Å². The molecule has 2 aliphatic carbocycles. The summed E-state index contributed by atoms with van der Waals surface area (Å²) in [5.74, 6) is -2.06. The van der Waals surface area contributed by atoms with Gasteiger partial charge in [-0.25, -0.2) is 9.97 Å². The number of aromatic nitrogens is 2. The monoisotopic (exact) mass is 593 g/mol. The first-order valence-electron chi connectivity index (χ1n) is 12.4. The molecule has 206 valence electrons. The van der Waals surface area contributed by atoms with E-state index in [0.717, 1.165) is 24.3 Å². The fourth-order valence-corrected chi connectivity index (χ4v) is 5.48. The van der Waals surface area contributed by atoms with Crippen LogP contribution in [0.3, 0.4) is 0 Å². The fourth-order valence-electron chi connectivity index (χ4n) is 5.48. The summed E-state index contributed by atoms with van der Waals surface area (Å²) >= 11 is 0. The molecule has 13 heteroatoms. The van der Waals surface area contributed by atoms with Gasteiger partial charge in [0.25, 0.3) is 0 Å². The van der Waals surface area contributed by atoms with Crippen molar-refractivity contribution < 1.29 is 8.78 Å². The number of nitrogens with zero attached hydrogens (tertiary/aromatic N) is 11. The van der Waals surface area contributed by atoms with E-state index in [1.165, 1.54) is 6.07 Å². The molecule has 0 spiro atoms. The zero-order chi connectivity index (χ0) is 33.3. The van der Waals surface area contributed by atoms with E-state index in [1.54, 1.807) is 36.4 Å². The van der Waals surface area contributed by atoms with E-state index >= 15 is 0 Å². The Morgan fingerprint density at radius 1 is 0.500 bits per heavy atom. The van der Waals surface area contributed by atoms with Gasteiger partial charge in [0.1, 0.15) is 65.8 Å². The van der Waals surface area contributed by atoms with Gasteiger partial charge < -0.3 is 0 Å². The van der Waals surface area contributed by atoms with E-state index in [4.69, 9.17) is 0 Å². The third-order valence-electron chi connectivity index (χ3n) is 7.12. The van der Waals surface area contributed by atoms with Gasteiger partial charge in [0.05, 0.1) is 16.7 Å². The Morgan fingerprint density at radius 2 is 0.891 bits per heavy atom. The molecule has 1 aromatic carbocycles. The Labute approximate surface area is 257 Å². The van der Waals surface area contributed by atoms with Gasteiger partial charge in [-0.2, -0.15) is 56.1 Å². The molecule has 0 bridgehead atoms. The van der Waals surface area contributed by atoms with Crippen LogP contribution in [0.5, 0.6) is 0 Å². The maximum absolute atomic E-state index is 14.0.